The largest absolute Gasteiger partial charge is 0.298 e. The Morgan fingerprint density at radius 3 is 2.81 bits per heavy atom. The number of carbonyl (C=O) groups is 1. The van der Waals surface area contributed by atoms with Gasteiger partial charge >= 0.3 is 0 Å². The second kappa shape index (κ2) is 6.19. The summed E-state index contributed by atoms with van der Waals surface area (Å²) in [6.45, 7) is 3.91. The Bertz CT molecular complexity index is 715. The molecule has 6 nitrogen and oxygen atoms in total. The zero-order valence-corrected chi connectivity index (χ0v) is 12.9. The molecule has 0 aliphatic carbocycles. The molecule has 1 aromatic carbocycles. The van der Waals surface area contributed by atoms with E-state index in [-0.39, 0.29) is 16.3 Å². The van der Waals surface area contributed by atoms with E-state index in [1.807, 2.05) is 13.8 Å². The Hall–Kier alpha value is -1.99. The molecule has 0 aliphatic heterocycles. The standard InChI is InChI=1S/C13H12ClN3O3S/c1-3-10-7(2)21-13(15-10)16-12(18)8-4-5-9(14)11(6-8)17(19)20/h4-6H,3H2,1-2H3,(H,15,16,18). The van der Waals surface area contributed by atoms with Gasteiger partial charge in [0.25, 0.3) is 11.6 Å². The number of nitro benzene ring substituents is 1. The van der Waals surface area contributed by atoms with Gasteiger partial charge in [-0.2, -0.15) is 0 Å². The van der Waals surface area contributed by atoms with Crippen LogP contribution in [0.1, 0.15) is 27.9 Å². The van der Waals surface area contributed by atoms with E-state index in [4.69, 9.17) is 11.6 Å². The third kappa shape index (κ3) is 3.37. The van der Waals surface area contributed by atoms with Gasteiger partial charge in [-0.05, 0) is 25.5 Å². The molecule has 0 fully saturated rings. The summed E-state index contributed by atoms with van der Waals surface area (Å²) < 4.78 is 0. The maximum Gasteiger partial charge on any atom is 0.288 e. The van der Waals surface area contributed by atoms with Gasteiger partial charge in [-0.25, -0.2) is 4.98 Å². The highest BCUT2D eigenvalue weighted by Gasteiger charge is 2.17. The van der Waals surface area contributed by atoms with Gasteiger partial charge in [0.2, 0.25) is 0 Å². The molecule has 0 bridgehead atoms. The number of nitrogens with zero attached hydrogens (tertiary/aromatic N) is 2. The Balaban J connectivity index is 2.24. The number of thiazole rings is 1. The van der Waals surface area contributed by atoms with Crippen molar-refractivity contribution in [3.8, 4) is 0 Å². The fraction of sp³-hybridized carbons (Fsp3) is 0.231. The van der Waals surface area contributed by atoms with E-state index in [2.05, 4.69) is 10.3 Å². The highest BCUT2D eigenvalue weighted by atomic mass is 35.5. The van der Waals surface area contributed by atoms with Crippen molar-refractivity contribution in [1.29, 1.82) is 0 Å². The number of nitro groups is 1. The summed E-state index contributed by atoms with van der Waals surface area (Å²) in [5.41, 5.74) is 0.795. The number of benzene rings is 1. The number of halogens is 1. The van der Waals surface area contributed by atoms with Crippen LogP contribution in [0.15, 0.2) is 18.2 Å². The van der Waals surface area contributed by atoms with Crippen LogP contribution in [-0.2, 0) is 6.42 Å². The van der Waals surface area contributed by atoms with E-state index in [1.54, 1.807) is 0 Å². The molecule has 0 saturated heterocycles. The molecular formula is C13H12ClN3O3S. The molecule has 2 aromatic rings. The van der Waals surface area contributed by atoms with Crippen LogP contribution in [0.5, 0.6) is 0 Å². The minimum Gasteiger partial charge on any atom is -0.298 e. The Labute approximate surface area is 129 Å². The Kier molecular flexibility index (Phi) is 4.54. The minimum atomic E-state index is -0.623. The zero-order chi connectivity index (χ0) is 15.6. The van der Waals surface area contributed by atoms with E-state index in [1.165, 1.54) is 23.5 Å². The van der Waals surface area contributed by atoms with Crippen molar-refractivity contribution in [2.24, 2.45) is 0 Å². The molecule has 0 spiro atoms. The van der Waals surface area contributed by atoms with Gasteiger partial charge in [-0.1, -0.05) is 18.5 Å². The molecule has 1 aromatic heterocycles. The lowest BCUT2D eigenvalue weighted by Gasteiger charge is -2.02. The monoisotopic (exact) mass is 325 g/mol. The summed E-state index contributed by atoms with van der Waals surface area (Å²) in [5.74, 6) is -0.453. The Morgan fingerprint density at radius 2 is 2.24 bits per heavy atom. The summed E-state index contributed by atoms with van der Waals surface area (Å²) in [6.07, 6.45) is 0.782. The number of aromatic nitrogens is 1. The molecule has 2 rings (SSSR count). The maximum atomic E-state index is 12.1. The number of anilines is 1. The molecule has 0 atom stereocenters. The summed E-state index contributed by atoms with van der Waals surface area (Å²) >= 11 is 7.09. The second-order valence-electron chi connectivity index (χ2n) is 4.25. The van der Waals surface area contributed by atoms with Crippen molar-refractivity contribution in [2.75, 3.05) is 5.32 Å². The van der Waals surface area contributed by atoms with Crippen molar-refractivity contribution >= 4 is 39.7 Å². The number of nitrogens with one attached hydrogen (secondary N) is 1. The van der Waals surface area contributed by atoms with E-state index in [0.29, 0.717) is 5.13 Å². The zero-order valence-electron chi connectivity index (χ0n) is 11.3. The van der Waals surface area contributed by atoms with Crippen LogP contribution in [0.25, 0.3) is 0 Å². The van der Waals surface area contributed by atoms with Gasteiger partial charge in [0, 0.05) is 16.5 Å². The molecule has 21 heavy (non-hydrogen) atoms. The lowest BCUT2D eigenvalue weighted by atomic mass is 10.2. The average molecular weight is 326 g/mol. The van der Waals surface area contributed by atoms with Crippen LogP contribution in [0.3, 0.4) is 0 Å². The van der Waals surface area contributed by atoms with Crippen LogP contribution in [-0.4, -0.2) is 15.8 Å². The lowest BCUT2D eigenvalue weighted by Crippen LogP contribution is -2.12. The Morgan fingerprint density at radius 1 is 1.52 bits per heavy atom. The van der Waals surface area contributed by atoms with Crippen LogP contribution in [0, 0.1) is 17.0 Å². The van der Waals surface area contributed by atoms with Crippen LogP contribution in [0.4, 0.5) is 10.8 Å². The van der Waals surface area contributed by atoms with Crippen LogP contribution < -0.4 is 5.32 Å². The highest BCUT2D eigenvalue weighted by molar-refractivity contribution is 7.15. The molecule has 0 unspecified atom stereocenters. The minimum absolute atomic E-state index is 0.00471. The van der Waals surface area contributed by atoms with Gasteiger partial charge < -0.3 is 0 Å². The third-order valence-corrected chi connectivity index (χ3v) is 4.10. The first kappa shape index (κ1) is 15.4. The number of aryl methyl sites for hydroxylation is 2. The van der Waals surface area contributed by atoms with Gasteiger partial charge in [0.05, 0.1) is 10.6 Å². The number of hydrogen-bond donors (Lipinski definition) is 1. The highest BCUT2D eigenvalue weighted by Crippen LogP contribution is 2.26. The van der Waals surface area contributed by atoms with Crippen molar-refractivity contribution in [3.05, 3.63) is 49.5 Å². The first-order valence-corrected chi connectivity index (χ1v) is 7.33. The van der Waals surface area contributed by atoms with Crippen molar-refractivity contribution in [1.82, 2.24) is 4.98 Å². The summed E-state index contributed by atoms with van der Waals surface area (Å²) in [5, 5.41) is 13.9. The first-order valence-electron chi connectivity index (χ1n) is 6.14. The second-order valence-corrected chi connectivity index (χ2v) is 5.86. The van der Waals surface area contributed by atoms with Crippen molar-refractivity contribution in [3.63, 3.8) is 0 Å². The molecule has 1 amide bonds. The van der Waals surface area contributed by atoms with E-state index < -0.39 is 10.8 Å². The van der Waals surface area contributed by atoms with Crippen LogP contribution >= 0.6 is 22.9 Å². The number of carbonyl (C=O) groups excluding carboxylic acids is 1. The average Bonchev–Trinajstić information content (AvgIpc) is 2.78. The fourth-order valence-corrected chi connectivity index (χ4v) is 2.86. The smallest absolute Gasteiger partial charge is 0.288 e. The predicted molar refractivity (Wildman–Crippen MR) is 82.3 cm³/mol. The number of amides is 1. The molecular weight excluding hydrogens is 314 g/mol. The van der Waals surface area contributed by atoms with E-state index >= 15 is 0 Å². The maximum absolute atomic E-state index is 12.1. The fourth-order valence-electron chi connectivity index (χ4n) is 1.77. The molecule has 0 aliphatic rings. The summed E-state index contributed by atoms with van der Waals surface area (Å²) in [6, 6.07) is 3.92. The molecule has 0 radical (unpaired) electrons. The number of rotatable bonds is 4. The van der Waals surface area contributed by atoms with Gasteiger partial charge in [-0.3, -0.25) is 20.2 Å². The van der Waals surface area contributed by atoms with Gasteiger partial charge in [0.1, 0.15) is 5.02 Å². The first-order chi connectivity index (χ1) is 9.92. The SMILES string of the molecule is CCc1nc(NC(=O)c2ccc(Cl)c([N+](=O)[O-])c2)sc1C. The quantitative estimate of drug-likeness (QED) is 0.683. The lowest BCUT2D eigenvalue weighted by molar-refractivity contribution is -0.384. The van der Waals surface area contributed by atoms with Crippen molar-refractivity contribution < 1.29 is 9.72 Å². The van der Waals surface area contributed by atoms with Crippen LogP contribution in [0.2, 0.25) is 5.02 Å². The molecule has 1 heterocycles. The van der Waals surface area contributed by atoms with E-state index in [0.717, 1.165) is 23.1 Å². The topological polar surface area (TPSA) is 85.1 Å². The normalized spacial score (nSPS) is 10.4. The molecule has 1 N–H and O–H groups in total. The third-order valence-electron chi connectivity index (χ3n) is 2.85. The molecule has 0 saturated carbocycles. The summed E-state index contributed by atoms with van der Waals surface area (Å²) in [4.78, 5) is 27.6. The predicted octanol–water partition coefficient (Wildman–Crippen LogP) is 3.83. The van der Waals surface area contributed by atoms with Gasteiger partial charge in [0.15, 0.2) is 5.13 Å². The van der Waals surface area contributed by atoms with Crippen molar-refractivity contribution in [2.45, 2.75) is 20.3 Å². The molecule has 8 heteroatoms. The van der Waals surface area contributed by atoms with Gasteiger partial charge in [-0.15, -0.1) is 11.3 Å². The number of hydrogen-bond acceptors (Lipinski definition) is 5. The van der Waals surface area contributed by atoms with E-state index in [9.17, 15) is 14.9 Å². The molecule has 110 valence electrons. The summed E-state index contributed by atoms with van der Waals surface area (Å²) in [7, 11) is 0.